The topological polar surface area (TPSA) is 124 Å². The van der Waals surface area contributed by atoms with Crippen molar-refractivity contribution >= 4 is 16.9 Å². The normalized spacial score (nSPS) is 12.5. The summed E-state index contributed by atoms with van der Waals surface area (Å²) in [4.78, 5) is 27.7. The van der Waals surface area contributed by atoms with Gasteiger partial charge in [0, 0.05) is 13.1 Å². The first-order chi connectivity index (χ1) is 9.10. The molecular weight excluding hydrogens is 248 g/mol. The van der Waals surface area contributed by atoms with Crippen molar-refractivity contribution in [3.05, 3.63) is 34.2 Å². The molecule has 2 rings (SSSR count). The van der Waals surface area contributed by atoms with Gasteiger partial charge in [-0.1, -0.05) is 6.07 Å². The van der Waals surface area contributed by atoms with Crippen LogP contribution in [0.2, 0.25) is 0 Å². The van der Waals surface area contributed by atoms with E-state index in [0.29, 0.717) is 13.0 Å². The van der Waals surface area contributed by atoms with Crippen molar-refractivity contribution < 1.29 is 9.90 Å². The van der Waals surface area contributed by atoms with Gasteiger partial charge in [-0.05, 0) is 24.1 Å². The Morgan fingerprint density at radius 1 is 1.37 bits per heavy atom. The van der Waals surface area contributed by atoms with Crippen LogP contribution in [-0.4, -0.2) is 40.2 Å². The first-order valence-corrected chi connectivity index (χ1v) is 5.97. The summed E-state index contributed by atoms with van der Waals surface area (Å²) in [5.74, 6) is -0.473. The molecule has 6 N–H and O–H groups in total. The van der Waals surface area contributed by atoms with E-state index in [1.54, 1.807) is 6.07 Å². The van der Waals surface area contributed by atoms with E-state index in [9.17, 15) is 14.7 Å². The average molecular weight is 264 g/mol. The lowest BCUT2D eigenvalue weighted by Crippen LogP contribution is -2.39. The lowest BCUT2D eigenvalue weighted by Gasteiger charge is -2.09. The molecule has 0 saturated heterocycles. The summed E-state index contributed by atoms with van der Waals surface area (Å²) in [5.41, 5.74) is 7.38. The molecule has 1 atom stereocenters. The zero-order chi connectivity index (χ0) is 13.8. The summed E-state index contributed by atoms with van der Waals surface area (Å²) in [6.45, 7) is 0.304. The summed E-state index contributed by atoms with van der Waals surface area (Å²) in [7, 11) is 0. The van der Waals surface area contributed by atoms with Crippen LogP contribution in [0.25, 0.3) is 11.0 Å². The van der Waals surface area contributed by atoms with Gasteiger partial charge >= 0.3 is 5.69 Å². The van der Waals surface area contributed by atoms with Crippen molar-refractivity contribution in [3.63, 3.8) is 0 Å². The Balaban J connectivity index is 1.94. The van der Waals surface area contributed by atoms with Gasteiger partial charge in [-0.3, -0.25) is 4.79 Å². The second-order valence-corrected chi connectivity index (χ2v) is 4.25. The molecule has 1 heterocycles. The van der Waals surface area contributed by atoms with Crippen molar-refractivity contribution in [2.45, 2.75) is 12.5 Å². The molecule has 0 bridgehead atoms. The smallest absolute Gasteiger partial charge is 0.323 e. The number of nitrogens with one attached hydrogen (secondary N) is 3. The van der Waals surface area contributed by atoms with Crippen molar-refractivity contribution in [1.82, 2.24) is 15.3 Å². The van der Waals surface area contributed by atoms with E-state index >= 15 is 0 Å². The number of aromatic nitrogens is 2. The fourth-order valence-electron chi connectivity index (χ4n) is 1.79. The summed E-state index contributed by atoms with van der Waals surface area (Å²) >= 11 is 0. The van der Waals surface area contributed by atoms with Crippen LogP contribution in [0, 0.1) is 0 Å². The van der Waals surface area contributed by atoms with Crippen LogP contribution in [0.15, 0.2) is 23.0 Å². The van der Waals surface area contributed by atoms with E-state index < -0.39 is 12.0 Å². The number of hydrogen-bond donors (Lipinski definition) is 5. The zero-order valence-electron chi connectivity index (χ0n) is 10.3. The van der Waals surface area contributed by atoms with Crippen LogP contribution in [-0.2, 0) is 11.2 Å². The number of aromatic amines is 2. The van der Waals surface area contributed by atoms with Crippen molar-refractivity contribution in [3.8, 4) is 0 Å². The molecule has 0 radical (unpaired) electrons. The largest absolute Gasteiger partial charge is 0.382 e. The molecule has 7 nitrogen and oxygen atoms in total. The molecule has 1 unspecified atom stereocenters. The molecule has 0 aliphatic rings. The van der Waals surface area contributed by atoms with E-state index in [1.165, 1.54) is 0 Å². The van der Waals surface area contributed by atoms with Gasteiger partial charge in [0.05, 0.1) is 11.0 Å². The number of amides is 1. The number of aliphatic hydroxyl groups excluding tert-OH is 1. The zero-order valence-corrected chi connectivity index (χ0v) is 10.3. The number of carbonyl (C=O) groups is 1. The van der Waals surface area contributed by atoms with E-state index in [-0.39, 0.29) is 12.2 Å². The lowest BCUT2D eigenvalue weighted by atomic mass is 10.1. The molecule has 7 heteroatoms. The first-order valence-electron chi connectivity index (χ1n) is 5.97. The van der Waals surface area contributed by atoms with Gasteiger partial charge in [0.1, 0.15) is 6.10 Å². The molecule has 102 valence electrons. The van der Waals surface area contributed by atoms with E-state index in [1.807, 2.05) is 12.1 Å². The van der Waals surface area contributed by atoms with Gasteiger partial charge in [0.2, 0.25) is 5.91 Å². The molecule has 1 amide bonds. The van der Waals surface area contributed by atoms with Crippen LogP contribution >= 0.6 is 0 Å². The van der Waals surface area contributed by atoms with Crippen LogP contribution in [0.3, 0.4) is 0 Å². The van der Waals surface area contributed by atoms with Crippen LogP contribution in [0.5, 0.6) is 0 Å². The highest BCUT2D eigenvalue weighted by Crippen LogP contribution is 2.10. The molecule has 2 aromatic rings. The Morgan fingerprint density at radius 2 is 2.11 bits per heavy atom. The molecule has 19 heavy (non-hydrogen) atoms. The van der Waals surface area contributed by atoms with Crippen molar-refractivity contribution in [1.29, 1.82) is 0 Å². The maximum absolute atomic E-state index is 11.3. The monoisotopic (exact) mass is 264 g/mol. The Morgan fingerprint density at radius 3 is 2.84 bits per heavy atom. The number of nitrogens with two attached hydrogens (primary N) is 1. The highest BCUT2D eigenvalue weighted by Gasteiger charge is 2.11. The first kappa shape index (κ1) is 13.3. The summed E-state index contributed by atoms with van der Waals surface area (Å²) < 4.78 is 0. The molecule has 0 aliphatic heterocycles. The summed E-state index contributed by atoms with van der Waals surface area (Å²) in [6.07, 6.45) is -0.560. The molecule has 0 spiro atoms. The standard InChI is InChI=1S/C12H16N4O3/c13-6-10(17)11(18)14-4-3-7-1-2-8-9(5-7)16-12(19)15-8/h1-2,5,10,17H,3-4,6,13H2,(H,14,18)(H2,15,16,19). The maximum Gasteiger partial charge on any atom is 0.323 e. The van der Waals surface area contributed by atoms with Gasteiger partial charge in [-0.2, -0.15) is 0 Å². The minimum absolute atomic E-state index is 0.0949. The van der Waals surface area contributed by atoms with Crippen molar-refractivity contribution in [2.75, 3.05) is 13.1 Å². The highest BCUT2D eigenvalue weighted by atomic mass is 16.3. The quantitative estimate of drug-likeness (QED) is 0.467. The predicted octanol–water partition coefficient (Wildman–Crippen LogP) is -1.17. The van der Waals surface area contributed by atoms with E-state index in [4.69, 9.17) is 5.73 Å². The lowest BCUT2D eigenvalue weighted by molar-refractivity contribution is -0.128. The van der Waals surface area contributed by atoms with Gasteiger partial charge in [0.25, 0.3) is 0 Å². The third-order valence-corrected chi connectivity index (χ3v) is 2.82. The number of fused-ring (bicyclic) bond motifs is 1. The van der Waals surface area contributed by atoms with Crippen LogP contribution in [0.4, 0.5) is 0 Å². The predicted molar refractivity (Wildman–Crippen MR) is 70.7 cm³/mol. The Bertz CT molecular complexity index is 631. The second kappa shape index (κ2) is 5.68. The SMILES string of the molecule is NCC(O)C(=O)NCCc1ccc2[nH]c(=O)[nH]c2c1. The molecular formula is C12H16N4O3. The number of hydrogen-bond acceptors (Lipinski definition) is 4. The molecule has 1 aromatic carbocycles. The van der Waals surface area contributed by atoms with E-state index in [2.05, 4.69) is 15.3 Å². The number of H-pyrrole nitrogens is 2. The van der Waals surface area contributed by atoms with Gasteiger partial charge in [0.15, 0.2) is 0 Å². The number of rotatable bonds is 5. The molecule has 1 aromatic heterocycles. The van der Waals surface area contributed by atoms with Crippen LogP contribution in [0.1, 0.15) is 5.56 Å². The summed E-state index contributed by atoms with van der Waals surface area (Å²) in [6, 6.07) is 5.52. The van der Waals surface area contributed by atoms with Gasteiger partial charge in [-0.15, -0.1) is 0 Å². The number of benzene rings is 1. The minimum Gasteiger partial charge on any atom is -0.382 e. The Kier molecular flexibility index (Phi) is 3.98. The fourth-order valence-corrected chi connectivity index (χ4v) is 1.79. The highest BCUT2D eigenvalue weighted by molar-refractivity contribution is 5.80. The Hall–Kier alpha value is -2.12. The number of imidazole rings is 1. The minimum atomic E-state index is -1.16. The summed E-state index contributed by atoms with van der Waals surface area (Å²) in [5, 5.41) is 11.8. The Labute approximate surface area is 108 Å². The second-order valence-electron chi connectivity index (χ2n) is 4.25. The average Bonchev–Trinajstić information content (AvgIpc) is 2.77. The van der Waals surface area contributed by atoms with Crippen molar-refractivity contribution in [2.24, 2.45) is 5.73 Å². The maximum atomic E-state index is 11.3. The molecule has 0 fully saturated rings. The van der Waals surface area contributed by atoms with E-state index in [0.717, 1.165) is 16.6 Å². The van der Waals surface area contributed by atoms with Gasteiger partial charge in [-0.25, -0.2) is 4.79 Å². The third kappa shape index (κ3) is 3.21. The number of carbonyl (C=O) groups excluding carboxylic acids is 1. The number of aliphatic hydroxyl groups is 1. The fraction of sp³-hybridized carbons (Fsp3) is 0.333. The van der Waals surface area contributed by atoms with Gasteiger partial charge < -0.3 is 26.1 Å². The molecule has 0 aliphatic carbocycles. The third-order valence-electron chi connectivity index (χ3n) is 2.82. The van der Waals surface area contributed by atoms with Crippen LogP contribution < -0.4 is 16.7 Å². The molecule has 0 saturated carbocycles.